The van der Waals surface area contributed by atoms with E-state index in [1.807, 2.05) is 18.2 Å². The van der Waals surface area contributed by atoms with Gasteiger partial charge in [-0.15, -0.1) is 11.3 Å². The quantitative estimate of drug-likeness (QED) is 0.851. The molecule has 0 saturated carbocycles. The van der Waals surface area contributed by atoms with Crippen molar-refractivity contribution in [2.45, 2.75) is 0 Å². The first-order valence-corrected chi connectivity index (χ1v) is 5.56. The van der Waals surface area contributed by atoms with Crippen molar-refractivity contribution in [3.63, 3.8) is 0 Å². The minimum absolute atomic E-state index is 0.408. The SMILES string of the molecule is CNc1cc(-c2ccncc2)sc1C(N)=O. The molecule has 82 valence electrons. The number of thiophene rings is 1. The molecule has 16 heavy (non-hydrogen) atoms. The molecule has 0 bridgehead atoms. The molecule has 0 unspecified atom stereocenters. The van der Waals surface area contributed by atoms with Crippen molar-refractivity contribution < 1.29 is 4.79 Å². The number of nitrogens with one attached hydrogen (secondary N) is 1. The Kier molecular flexibility index (Phi) is 2.87. The first kappa shape index (κ1) is 10.6. The molecule has 0 radical (unpaired) electrons. The fourth-order valence-corrected chi connectivity index (χ4v) is 2.44. The molecular formula is C11H11N3OS. The van der Waals surface area contributed by atoms with Gasteiger partial charge >= 0.3 is 0 Å². The van der Waals surface area contributed by atoms with Crippen LogP contribution >= 0.6 is 11.3 Å². The second-order valence-electron chi connectivity index (χ2n) is 3.20. The number of carbonyl (C=O) groups is 1. The molecule has 0 aliphatic heterocycles. The molecule has 0 saturated heterocycles. The maximum absolute atomic E-state index is 11.2. The van der Waals surface area contributed by atoms with Crippen LogP contribution in [0.2, 0.25) is 0 Å². The van der Waals surface area contributed by atoms with Crippen molar-refractivity contribution in [3.05, 3.63) is 35.5 Å². The summed E-state index contributed by atoms with van der Waals surface area (Å²) in [5, 5.41) is 2.96. The largest absolute Gasteiger partial charge is 0.387 e. The Bertz CT molecular complexity index is 507. The zero-order valence-corrected chi connectivity index (χ0v) is 9.54. The van der Waals surface area contributed by atoms with Gasteiger partial charge in [0.05, 0.1) is 5.69 Å². The number of nitrogens with zero attached hydrogens (tertiary/aromatic N) is 1. The summed E-state index contributed by atoms with van der Waals surface area (Å²) in [6, 6.07) is 5.71. The van der Waals surface area contributed by atoms with Crippen molar-refractivity contribution in [2.24, 2.45) is 5.73 Å². The highest BCUT2D eigenvalue weighted by molar-refractivity contribution is 7.18. The predicted octanol–water partition coefficient (Wildman–Crippen LogP) is 1.95. The highest BCUT2D eigenvalue weighted by Crippen LogP contribution is 2.33. The third-order valence-corrected chi connectivity index (χ3v) is 3.39. The van der Waals surface area contributed by atoms with Gasteiger partial charge in [-0.3, -0.25) is 9.78 Å². The molecule has 2 heterocycles. The molecule has 0 fully saturated rings. The molecule has 4 nitrogen and oxygen atoms in total. The fraction of sp³-hybridized carbons (Fsp3) is 0.0909. The summed E-state index contributed by atoms with van der Waals surface area (Å²) < 4.78 is 0. The second kappa shape index (κ2) is 4.32. The zero-order valence-electron chi connectivity index (χ0n) is 8.73. The van der Waals surface area contributed by atoms with Crippen LogP contribution in [0.3, 0.4) is 0 Å². The summed E-state index contributed by atoms with van der Waals surface area (Å²) in [6.45, 7) is 0. The summed E-state index contributed by atoms with van der Waals surface area (Å²) in [5.74, 6) is -0.408. The number of hydrogen-bond acceptors (Lipinski definition) is 4. The van der Waals surface area contributed by atoms with Gasteiger partial charge in [-0.25, -0.2) is 0 Å². The van der Waals surface area contributed by atoms with Crippen molar-refractivity contribution >= 4 is 22.9 Å². The molecule has 0 atom stereocenters. The Labute approximate surface area is 97.1 Å². The molecule has 2 aromatic rings. The van der Waals surface area contributed by atoms with Gasteiger partial charge in [0, 0.05) is 24.3 Å². The number of amides is 1. The summed E-state index contributed by atoms with van der Waals surface area (Å²) in [5.41, 5.74) is 7.10. The maximum atomic E-state index is 11.2. The van der Waals surface area contributed by atoms with E-state index in [4.69, 9.17) is 5.73 Å². The van der Waals surface area contributed by atoms with Crippen molar-refractivity contribution in [3.8, 4) is 10.4 Å². The highest BCUT2D eigenvalue weighted by atomic mass is 32.1. The lowest BCUT2D eigenvalue weighted by Crippen LogP contribution is -2.10. The Morgan fingerprint density at radius 2 is 2.12 bits per heavy atom. The Morgan fingerprint density at radius 1 is 1.44 bits per heavy atom. The second-order valence-corrected chi connectivity index (χ2v) is 4.26. The van der Waals surface area contributed by atoms with Gasteiger partial charge in [-0.05, 0) is 23.8 Å². The smallest absolute Gasteiger partial charge is 0.260 e. The first-order valence-electron chi connectivity index (χ1n) is 4.74. The van der Waals surface area contributed by atoms with E-state index >= 15 is 0 Å². The van der Waals surface area contributed by atoms with Gasteiger partial charge in [-0.1, -0.05) is 0 Å². The van der Waals surface area contributed by atoms with E-state index in [1.165, 1.54) is 11.3 Å². The molecule has 0 spiro atoms. The Balaban J connectivity index is 2.48. The number of rotatable bonds is 3. The lowest BCUT2D eigenvalue weighted by atomic mass is 10.2. The summed E-state index contributed by atoms with van der Waals surface area (Å²) in [6.07, 6.45) is 3.44. The lowest BCUT2D eigenvalue weighted by Gasteiger charge is -1.95. The monoisotopic (exact) mass is 233 g/mol. The third-order valence-electron chi connectivity index (χ3n) is 2.19. The Morgan fingerprint density at radius 3 is 2.62 bits per heavy atom. The third kappa shape index (κ3) is 1.90. The molecule has 2 rings (SSSR count). The number of hydrogen-bond donors (Lipinski definition) is 2. The van der Waals surface area contributed by atoms with Crippen LogP contribution in [-0.4, -0.2) is 17.9 Å². The molecule has 3 N–H and O–H groups in total. The number of primary amides is 1. The standard InChI is InChI=1S/C11H11N3OS/c1-13-8-6-9(16-10(8)11(12)15)7-2-4-14-5-3-7/h2-6,13H,1H3,(H2,12,15). The first-order chi connectivity index (χ1) is 7.72. The molecule has 0 aliphatic carbocycles. The van der Waals surface area contributed by atoms with Crippen LogP contribution in [-0.2, 0) is 0 Å². The normalized spacial score (nSPS) is 10.1. The average molecular weight is 233 g/mol. The van der Waals surface area contributed by atoms with E-state index in [1.54, 1.807) is 19.4 Å². The number of carbonyl (C=O) groups excluding carboxylic acids is 1. The Hall–Kier alpha value is -1.88. The van der Waals surface area contributed by atoms with Crippen LogP contribution in [0, 0.1) is 0 Å². The summed E-state index contributed by atoms with van der Waals surface area (Å²) in [4.78, 5) is 16.7. The van der Waals surface area contributed by atoms with Gasteiger partial charge in [-0.2, -0.15) is 0 Å². The van der Waals surface area contributed by atoms with E-state index in [0.29, 0.717) is 4.88 Å². The van der Waals surface area contributed by atoms with Crippen LogP contribution in [0.4, 0.5) is 5.69 Å². The molecule has 2 aromatic heterocycles. The van der Waals surface area contributed by atoms with Gasteiger partial charge in [0.2, 0.25) is 0 Å². The number of pyridine rings is 1. The van der Waals surface area contributed by atoms with Crippen molar-refractivity contribution in [2.75, 3.05) is 12.4 Å². The van der Waals surface area contributed by atoms with Crippen molar-refractivity contribution in [1.82, 2.24) is 4.98 Å². The average Bonchev–Trinajstić information content (AvgIpc) is 2.74. The van der Waals surface area contributed by atoms with E-state index in [-0.39, 0.29) is 0 Å². The molecule has 0 aliphatic rings. The van der Waals surface area contributed by atoms with Crippen LogP contribution in [0.1, 0.15) is 9.67 Å². The van der Waals surface area contributed by atoms with Crippen molar-refractivity contribution in [1.29, 1.82) is 0 Å². The zero-order chi connectivity index (χ0) is 11.5. The summed E-state index contributed by atoms with van der Waals surface area (Å²) in [7, 11) is 1.77. The minimum Gasteiger partial charge on any atom is -0.387 e. The molecule has 5 heteroatoms. The van der Waals surface area contributed by atoms with E-state index in [0.717, 1.165) is 16.1 Å². The molecule has 0 aromatic carbocycles. The van der Waals surface area contributed by atoms with Crippen LogP contribution in [0.5, 0.6) is 0 Å². The van der Waals surface area contributed by atoms with E-state index in [9.17, 15) is 4.79 Å². The number of aromatic nitrogens is 1. The molecule has 1 amide bonds. The minimum atomic E-state index is -0.408. The number of anilines is 1. The van der Waals surface area contributed by atoms with E-state index < -0.39 is 5.91 Å². The van der Waals surface area contributed by atoms with Crippen LogP contribution < -0.4 is 11.1 Å². The number of nitrogens with two attached hydrogens (primary N) is 1. The fourth-order valence-electron chi connectivity index (χ4n) is 1.42. The van der Waals surface area contributed by atoms with Gasteiger partial charge < -0.3 is 11.1 Å². The van der Waals surface area contributed by atoms with E-state index in [2.05, 4.69) is 10.3 Å². The van der Waals surface area contributed by atoms with Gasteiger partial charge in [0.15, 0.2) is 0 Å². The van der Waals surface area contributed by atoms with Gasteiger partial charge in [0.25, 0.3) is 5.91 Å². The summed E-state index contributed by atoms with van der Waals surface area (Å²) >= 11 is 1.38. The molecular weight excluding hydrogens is 222 g/mol. The highest BCUT2D eigenvalue weighted by Gasteiger charge is 2.13. The van der Waals surface area contributed by atoms with Crippen LogP contribution in [0.15, 0.2) is 30.6 Å². The lowest BCUT2D eigenvalue weighted by molar-refractivity contribution is 0.100. The predicted molar refractivity (Wildman–Crippen MR) is 65.6 cm³/mol. The topological polar surface area (TPSA) is 68.0 Å². The maximum Gasteiger partial charge on any atom is 0.260 e. The van der Waals surface area contributed by atoms with Crippen LogP contribution in [0.25, 0.3) is 10.4 Å². The van der Waals surface area contributed by atoms with Gasteiger partial charge in [0.1, 0.15) is 4.88 Å².